The lowest BCUT2D eigenvalue weighted by Crippen LogP contribution is -2.25. The average Bonchev–Trinajstić information content (AvgIpc) is 2.87. The van der Waals surface area contributed by atoms with E-state index in [0.29, 0.717) is 5.92 Å². The van der Waals surface area contributed by atoms with E-state index in [-0.39, 0.29) is 5.41 Å². The molecule has 1 aliphatic rings. The van der Waals surface area contributed by atoms with Crippen LogP contribution in [0.5, 0.6) is 0 Å². The van der Waals surface area contributed by atoms with E-state index in [9.17, 15) is 5.26 Å². The molecule has 0 radical (unpaired) electrons. The van der Waals surface area contributed by atoms with Gasteiger partial charge < -0.3 is 0 Å². The number of nitrogens with zero attached hydrogens (tertiary/aromatic N) is 1. The van der Waals surface area contributed by atoms with Crippen LogP contribution in [0.15, 0.2) is 48.5 Å². The maximum Gasteiger partial charge on any atom is 0.0689 e. The molecule has 1 aliphatic carbocycles. The van der Waals surface area contributed by atoms with Crippen molar-refractivity contribution in [3.05, 3.63) is 59.7 Å². The van der Waals surface area contributed by atoms with Crippen LogP contribution in [-0.4, -0.2) is 0 Å². The molecule has 0 bridgehead atoms. The van der Waals surface area contributed by atoms with Crippen molar-refractivity contribution in [3.63, 3.8) is 0 Å². The molecule has 178 valence electrons. The first kappa shape index (κ1) is 25.6. The fraction of sp³-hybridized carbons (Fsp3) is 0.594. The van der Waals surface area contributed by atoms with Gasteiger partial charge in [0.1, 0.15) is 0 Å². The second-order valence-electron chi connectivity index (χ2n) is 10.5. The number of nitriles is 1. The average molecular weight is 444 g/mol. The van der Waals surface area contributed by atoms with Gasteiger partial charge in [-0.1, -0.05) is 114 Å². The Balaban J connectivity index is 1.49. The van der Waals surface area contributed by atoms with E-state index in [1.165, 1.54) is 86.5 Å². The van der Waals surface area contributed by atoms with E-state index in [4.69, 9.17) is 0 Å². The minimum absolute atomic E-state index is 0.0555. The Morgan fingerprint density at radius 2 is 1.27 bits per heavy atom. The first-order valence-electron chi connectivity index (χ1n) is 13.8. The fourth-order valence-corrected chi connectivity index (χ4v) is 5.56. The van der Waals surface area contributed by atoms with Gasteiger partial charge in [-0.05, 0) is 73.1 Å². The maximum absolute atomic E-state index is 9.93. The molecule has 0 heterocycles. The minimum Gasteiger partial charge on any atom is -0.198 e. The molecule has 0 atom stereocenters. The standard InChI is InChI=1S/C32H45N/c1-3-5-7-8-9-11-23-32(26-33)24-21-31(22-25-32)30-19-17-29(18-20-30)28-15-13-27(14-16-28)12-10-6-4-2/h13-20,31H,3-12,21-25H2,1-2H3. The predicted octanol–water partition coefficient (Wildman–Crippen LogP) is 10.0. The Labute approximate surface area is 203 Å². The smallest absolute Gasteiger partial charge is 0.0689 e. The molecule has 3 rings (SSSR count). The van der Waals surface area contributed by atoms with Crippen molar-refractivity contribution in [1.82, 2.24) is 0 Å². The first-order chi connectivity index (χ1) is 16.2. The van der Waals surface area contributed by atoms with Crippen molar-refractivity contribution >= 4 is 0 Å². The summed E-state index contributed by atoms with van der Waals surface area (Å²) in [6, 6.07) is 21.2. The molecular weight excluding hydrogens is 398 g/mol. The molecular formula is C32H45N. The van der Waals surface area contributed by atoms with Gasteiger partial charge >= 0.3 is 0 Å². The predicted molar refractivity (Wildman–Crippen MR) is 142 cm³/mol. The van der Waals surface area contributed by atoms with Crippen molar-refractivity contribution in [2.24, 2.45) is 5.41 Å². The fourth-order valence-electron chi connectivity index (χ4n) is 5.56. The van der Waals surface area contributed by atoms with Crippen LogP contribution in [0.3, 0.4) is 0 Å². The Morgan fingerprint density at radius 3 is 1.88 bits per heavy atom. The van der Waals surface area contributed by atoms with E-state index in [1.807, 2.05) is 0 Å². The Morgan fingerprint density at radius 1 is 0.727 bits per heavy atom. The van der Waals surface area contributed by atoms with Crippen molar-refractivity contribution in [2.45, 2.75) is 116 Å². The van der Waals surface area contributed by atoms with Gasteiger partial charge in [-0.25, -0.2) is 0 Å². The summed E-state index contributed by atoms with van der Waals surface area (Å²) in [5, 5.41) is 9.93. The summed E-state index contributed by atoms with van der Waals surface area (Å²) in [6.45, 7) is 4.53. The van der Waals surface area contributed by atoms with Gasteiger partial charge in [-0.3, -0.25) is 0 Å². The highest BCUT2D eigenvalue weighted by atomic mass is 14.4. The Hall–Kier alpha value is -2.07. The molecule has 33 heavy (non-hydrogen) atoms. The van der Waals surface area contributed by atoms with Crippen molar-refractivity contribution in [2.75, 3.05) is 0 Å². The molecule has 0 amide bonds. The number of rotatable bonds is 13. The number of aryl methyl sites for hydroxylation is 1. The summed E-state index contributed by atoms with van der Waals surface area (Å²) in [7, 11) is 0. The third-order valence-electron chi connectivity index (χ3n) is 7.93. The molecule has 1 nitrogen and oxygen atoms in total. The van der Waals surface area contributed by atoms with Crippen LogP contribution in [0.2, 0.25) is 0 Å². The normalized spacial score (nSPS) is 20.5. The SMILES string of the molecule is CCCCCCCCC1(C#N)CCC(c2ccc(-c3ccc(CCCCC)cc3)cc2)CC1. The van der Waals surface area contributed by atoms with Crippen LogP contribution in [0.4, 0.5) is 0 Å². The van der Waals surface area contributed by atoms with Crippen LogP contribution >= 0.6 is 0 Å². The lowest BCUT2D eigenvalue weighted by atomic mass is 9.67. The van der Waals surface area contributed by atoms with Crippen LogP contribution in [0, 0.1) is 16.7 Å². The van der Waals surface area contributed by atoms with Gasteiger partial charge in [0.15, 0.2) is 0 Å². The molecule has 1 fully saturated rings. The van der Waals surface area contributed by atoms with Gasteiger partial charge in [0.2, 0.25) is 0 Å². The van der Waals surface area contributed by atoms with Gasteiger partial charge in [0, 0.05) is 0 Å². The largest absolute Gasteiger partial charge is 0.198 e. The maximum atomic E-state index is 9.93. The van der Waals surface area contributed by atoms with E-state index in [0.717, 1.165) is 32.1 Å². The monoisotopic (exact) mass is 443 g/mol. The molecule has 0 saturated heterocycles. The van der Waals surface area contributed by atoms with Gasteiger partial charge in [-0.2, -0.15) is 5.26 Å². The zero-order valence-electron chi connectivity index (χ0n) is 21.2. The van der Waals surface area contributed by atoms with E-state index in [1.54, 1.807) is 0 Å². The third-order valence-corrected chi connectivity index (χ3v) is 7.93. The lowest BCUT2D eigenvalue weighted by molar-refractivity contribution is 0.223. The van der Waals surface area contributed by atoms with E-state index < -0.39 is 0 Å². The summed E-state index contributed by atoms with van der Waals surface area (Å²) < 4.78 is 0. The number of benzene rings is 2. The van der Waals surface area contributed by atoms with Crippen molar-refractivity contribution in [1.29, 1.82) is 5.26 Å². The summed E-state index contributed by atoms with van der Waals surface area (Å²) in [5.41, 5.74) is 5.48. The zero-order valence-corrected chi connectivity index (χ0v) is 21.2. The molecule has 0 aromatic heterocycles. The number of unbranched alkanes of at least 4 members (excludes halogenated alkanes) is 7. The highest BCUT2D eigenvalue weighted by Crippen LogP contribution is 2.45. The summed E-state index contributed by atoms with van der Waals surface area (Å²) in [5.74, 6) is 0.617. The van der Waals surface area contributed by atoms with Crippen LogP contribution < -0.4 is 0 Å². The first-order valence-corrected chi connectivity index (χ1v) is 13.8. The molecule has 0 unspecified atom stereocenters. The van der Waals surface area contributed by atoms with Crippen molar-refractivity contribution in [3.8, 4) is 17.2 Å². The summed E-state index contributed by atoms with van der Waals surface area (Å²) >= 11 is 0. The third kappa shape index (κ3) is 7.74. The van der Waals surface area contributed by atoms with Gasteiger partial charge in [0.05, 0.1) is 11.5 Å². The molecule has 1 saturated carbocycles. The van der Waals surface area contributed by atoms with Crippen molar-refractivity contribution < 1.29 is 0 Å². The quantitative estimate of drug-likeness (QED) is 0.282. The Kier molecular flexibility index (Phi) is 10.5. The lowest BCUT2D eigenvalue weighted by Gasteiger charge is -2.35. The van der Waals surface area contributed by atoms with Crippen LogP contribution in [0.1, 0.15) is 121 Å². The van der Waals surface area contributed by atoms with Gasteiger partial charge in [-0.15, -0.1) is 0 Å². The molecule has 0 N–H and O–H groups in total. The number of hydrogen-bond donors (Lipinski definition) is 0. The molecule has 0 aliphatic heterocycles. The highest BCUT2D eigenvalue weighted by Gasteiger charge is 2.35. The van der Waals surface area contributed by atoms with Crippen LogP contribution in [0.25, 0.3) is 11.1 Å². The molecule has 0 spiro atoms. The second kappa shape index (κ2) is 13.6. The Bertz CT molecular complexity index is 832. The minimum atomic E-state index is -0.0555. The topological polar surface area (TPSA) is 23.8 Å². The molecule has 2 aromatic rings. The molecule has 1 heteroatoms. The summed E-state index contributed by atoms with van der Waals surface area (Å²) in [6.07, 6.45) is 18.5. The van der Waals surface area contributed by atoms with E-state index in [2.05, 4.69) is 68.4 Å². The van der Waals surface area contributed by atoms with E-state index >= 15 is 0 Å². The second-order valence-corrected chi connectivity index (χ2v) is 10.5. The summed E-state index contributed by atoms with van der Waals surface area (Å²) in [4.78, 5) is 0. The zero-order chi connectivity index (χ0) is 23.4. The highest BCUT2D eigenvalue weighted by molar-refractivity contribution is 5.64. The molecule has 2 aromatic carbocycles. The number of hydrogen-bond acceptors (Lipinski definition) is 1. The van der Waals surface area contributed by atoms with Gasteiger partial charge in [0.25, 0.3) is 0 Å². The van der Waals surface area contributed by atoms with Crippen LogP contribution in [-0.2, 0) is 6.42 Å².